The molecule has 9 heteroatoms. The van der Waals surface area contributed by atoms with Gasteiger partial charge >= 0.3 is 5.97 Å². The number of hydrogen-bond acceptors (Lipinski definition) is 6. The van der Waals surface area contributed by atoms with Gasteiger partial charge in [0.15, 0.2) is 5.76 Å². The van der Waals surface area contributed by atoms with E-state index in [0.29, 0.717) is 37.8 Å². The first-order valence-corrected chi connectivity index (χ1v) is 9.74. The number of aromatic nitrogens is 2. The van der Waals surface area contributed by atoms with Gasteiger partial charge in [0.05, 0.1) is 23.1 Å². The molecule has 1 N–H and O–H groups in total. The molecule has 30 heavy (non-hydrogen) atoms. The Bertz CT molecular complexity index is 1080. The minimum atomic E-state index is -0.952. The standard InChI is InChI=1S/C21H24N4O5/c1-23-17-11-14(21(27)28)3-5-16(17)22-19(23)12-24-7-9-25(10-8-24)20(26)18-6-4-15(30-18)13-29-2/h3-6,11H,7-10,12-13H2,1-2H3,(H,27,28). The molecule has 1 amide bonds. The fourth-order valence-electron chi connectivity index (χ4n) is 3.69. The van der Waals surface area contributed by atoms with Crippen molar-refractivity contribution in [3.05, 3.63) is 53.2 Å². The van der Waals surface area contributed by atoms with Gasteiger partial charge in [-0.1, -0.05) is 0 Å². The van der Waals surface area contributed by atoms with Gasteiger partial charge < -0.3 is 23.7 Å². The van der Waals surface area contributed by atoms with E-state index in [4.69, 9.17) is 9.15 Å². The number of nitrogens with zero attached hydrogens (tertiary/aromatic N) is 4. The zero-order valence-electron chi connectivity index (χ0n) is 17.0. The van der Waals surface area contributed by atoms with E-state index in [0.717, 1.165) is 29.9 Å². The number of rotatable bonds is 6. The zero-order valence-corrected chi connectivity index (χ0v) is 17.0. The molecule has 0 spiro atoms. The Balaban J connectivity index is 1.39. The second kappa shape index (κ2) is 8.29. The number of carboxylic acids is 1. The summed E-state index contributed by atoms with van der Waals surface area (Å²) in [5.74, 6) is 0.766. The number of amides is 1. The summed E-state index contributed by atoms with van der Waals surface area (Å²) in [7, 11) is 3.48. The molecule has 0 aliphatic carbocycles. The van der Waals surface area contributed by atoms with Crippen molar-refractivity contribution >= 4 is 22.9 Å². The van der Waals surface area contributed by atoms with Crippen LogP contribution in [0.1, 0.15) is 32.5 Å². The summed E-state index contributed by atoms with van der Waals surface area (Å²) in [5.41, 5.74) is 1.81. The lowest BCUT2D eigenvalue weighted by atomic mass is 10.2. The molecule has 158 valence electrons. The predicted molar refractivity (Wildman–Crippen MR) is 108 cm³/mol. The quantitative estimate of drug-likeness (QED) is 0.660. The van der Waals surface area contributed by atoms with Crippen molar-refractivity contribution < 1.29 is 23.8 Å². The summed E-state index contributed by atoms with van der Waals surface area (Å²) in [6.45, 7) is 3.63. The molecular formula is C21H24N4O5. The highest BCUT2D eigenvalue weighted by molar-refractivity contribution is 5.92. The monoisotopic (exact) mass is 412 g/mol. The van der Waals surface area contributed by atoms with Gasteiger partial charge in [0.1, 0.15) is 18.2 Å². The molecule has 0 atom stereocenters. The average molecular weight is 412 g/mol. The molecular weight excluding hydrogens is 388 g/mol. The molecule has 3 heterocycles. The number of carbonyl (C=O) groups is 2. The van der Waals surface area contributed by atoms with Crippen molar-refractivity contribution in [2.75, 3.05) is 33.3 Å². The minimum Gasteiger partial charge on any atom is -0.478 e. The average Bonchev–Trinajstić information content (AvgIpc) is 3.33. The molecule has 1 aliphatic rings. The van der Waals surface area contributed by atoms with Gasteiger partial charge in [-0.05, 0) is 30.3 Å². The third kappa shape index (κ3) is 3.94. The maximum Gasteiger partial charge on any atom is 0.335 e. The van der Waals surface area contributed by atoms with Crippen molar-refractivity contribution in [3.8, 4) is 0 Å². The first kappa shape index (κ1) is 20.1. The maximum absolute atomic E-state index is 12.6. The first-order chi connectivity index (χ1) is 14.5. The van der Waals surface area contributed by atoms with Crippen LogP contribution in [-0.4, -0.2) is 69.6 Å². The smallest absolute Gasteiger partial charge is 0.335 e. The van der Waals surface area contributed by atoms with E-state index in [-0.39, 0.29) is 11.5 Å². The van der Waals surface area contributed by atoms with Crippen LogP contribution in [0.4, 0.5) is 0 Å². The van der Waals surface area contributed by atoms with Crippen molar-refractivity contribution in [1.82, 2.24) is 19.4 Å². The van der Waals surface area contributed by atoms with Gasteiger partial charge in [-0.25, -0.2) is 9.78 Å². The molecule has 9 nitrogen and oxygen atoms in total. The highest BCUT2D eigenvalue weighted by atomic mass is 16.5. The summed E-state index contributed by atoms with van der Waals surface area (Å²) in [6, 6.07) is 8.40. The molecule has 3 aromatic rings. The molecule has 1 aromatic carbocycles. The number of benzene rings is 1. The topological polar surface area (TPSA) is 101 Å². The van der Waals surface area contributed by atoms with E-state index in [9.17, 15) is 14.7 Å². The SMILES string of the molecule is COCc1ccc(C(=O)N2CCN(Cc3nc4ccc(C(=O)O)cc4n3C)CC2)o1. The number of piperazine rings is 1. The highest BCUT2D eigenvalue weighted by Gasteiger charge is 2.25. The normalized spacial score (nSPS) is 15.1. The Morgan fingerprint density at radius 3 is 2.63 bits per heavy atom. The summed E-state index contributed by atoms with van der Waals surface area (Å²) in [5, 5.41) is 9.20. The minimum absolute atomic E-state index is 0.110. The third-order valence-electron chi connectivity index (χ3n) is 5.40. The summed E-state index contributed by atoms with van der Waals surface area (Å²) in [6.07, 6.45) is 0. The number of imidazole rings is 1. The van der Waals surface area contributed by atoms with Crippen LogP contribution < -0.4 is 0 Å². The van der Waals surface area contributed by atoms with E-state index in [1.165, 1.54) is 0 Å². The fraction of sp³-hybridized carbons (Fsp3) is 0.381. The lowest BCUT2D eigenvalue weighted by Gasteiger charge is -2.34. The number of furan rings is 1. The van der Waals surface area contributed by atoms with Crippen LogP contribution in [0.5, 0.6) is 0 Å². The van der Waals surface area contributed by atoms with Crippen molar-refractivity contribution in [2.24, 2.45) is 7.05 Å². The summed E-state index contributed by atoms with van der Waals surface area (Å²) >= 11 is 0. The lowest BCUT2D eigenvalue weighted by Crippen LogP contribution is -2.48. The van der Waals surface area contributed by atoms with Crippen molar-refractivity contribution in [2.45, 2.75) is 13.2 Å². The largest absolute Gasteiger partial charge is 0.478 e. The molecule has 0 radical (unpaired) electrons. The molecule has 0 saturated carbocycles. The van der Waals surface area contributed by atoms with Gasteiger partial charge in [-0.15, -0.1) is 0 Å². The number of carboxylic acid groups (broad SMARTS) is 1. The van der Waals surface area contributed by atoms with Gasteiger partial charge in [-0.3, -0.25) is 9.69 Å². The molecule has 1 aliphatic heterocycles. The van der Waals surface area contributed by atoms with Crippen molar-refractivity contribution in [1.29, 1.82) is 0 Å². The highest BCUT2D eigenvalue weighted by Crippen LogP contribution is 2.19. The fourth-order valence-corrected chi connectivity index (χ4v) is 3.69. The predicted octanol–water partition coefficient (Wildman–Crippen LogP) is 1.97. The van der Waals surface area contributed by atoms with Gasteiger partial charge in [-0.2, -0.15) is 0 Å². The summed E-state index contributed by atoms with van der Waals surface area (Å²) in [4.78, 5) is 32.5. The molecule has 0 bridgehead atoms. The van der Waals surface area contributed by atoms with Crippen LogP contribution in [0.3, 0.4) is 0 Å². The van der Waals surface area contributed by atoms with E-state index in [1.54, 1.807) is 42.3 Å². The van der Waals surface area contributed by atoms with Crippen LogP contribution in [0, 0.1) is 0 Å². The number of hydrogen-bond donors (Lipinski definition) is 1. The molecule has 2 aromatic heterocycles. The van der Waals surface area contributed by atoms with Gasteiger partial charge in [0.2, 0.25) is 0 Å². The Kier molecular flexibility index (Phi) is 5.56. The van der Waals surface area contributed by atoms with Crippen LogP contribution in [0.15, 0.2) is 34.7 Å². The van der Waals surface area contributed by atoms with E-state index in [2.05, 4.69) is 9.88 Å². The lowest BCUT2D eigenvalue weighted by molar-refractivity contribution is 0.0587. The first-order valence-electron chi connectivity index (χ1n) is 9.74. The third-order valence-corrected chi connectivity index (χ3v) is 5.40. The van der Waals surface area contributed by atoms with E-state index >= 15 is 0 Å². The Morgan fingerprint density at radius 2 is 1.93 bits per heavy atom. The number of aromatic carboxylic acids is 1. The number of methoxy groups -OCH3 is 1. The molecule has 1 saturated heterocycles. The Morgan fingerprint density at radius 1 is 1.17 bits per heavy atom. The van der Waals surface area contributed by atoms with Crippen LogP contribution in [0.25, 0.3) is 11.0 Å². The maximum atomic E-state index is 12.6. The van der Waals surface area contributed by atoms with E-state index in [1.807, 2.05) is 11.6 Å². The van der Waals surface area contributed by atoms with Crippen LogP contribution >= 0.6 is 0 Å². The molecule has 1 fully saturated rings. The Hall–Kier alpha value is -3.17. The van der Waals surface area contributed by atoms with E-state index < -0.39 is 5.97 Å². The Labute approximate surface area is 173 Å². The second-order valence-electron chi connectivity index (χ2n) is 7.36. The number of fused-ring (bicyclic) bond motifs is 1. The number of carbonyl (C=O) groups excluding carboxylic acids is 1. The van der Waals surface area contributed by atoms with Crippen LogP contribution in [-0.2, 0) is 24.9 Å². The summed E-state index contributed by atoms with van der Waals surface area (Å²) < 4.78 is 12.5. The zero-order chi connectivity index (χ0) is 21.3. The number of ether oxygens (including phenoxy) is 1. The van der Waals surface area contributed by atoms with Gasteiger partial charge in [0.25, 0.3) is 5.91 Å². The molecule has 0 unspecified atom stereocenters. The van der Waals surface area contributed by atoms with Gasteiger partial charge in [0, 0.05) is 40.3 Å². The number of aryl methyl sites for hydroxylation is 1. The van der Waals surface area contributed by atoms with Crippen LogP contribution in [0.2, 0.25) is 0 Å². The second-order valence-corrected chi connectivity index (χ2v) is 7.36. The van der Waals surface area contributed by atoms with Crippen molar-refractivity contribution in [3.63, 3.8) is 0 Å². The molecule has 4 rings (SSSR count).